The van der Waals surface area contributed by atoms with E-state index < -0.39 is 0 Å². The Morgan fingerprint density at radius 1 is 1.06 bits per heavy atom. The number of hydrogen-bond acceptors (Lipinski definition) is 10. The lowest BCUT2D eigenvalue weighted by Gasteiger charge is -2.36. The van der Waals surface area contributed by atoms with Gasteiger partial charge in [-0.3, -0.25) is 10.0 Å². The van der Waals surface area contributed by atoms with Crippen LogP contribution >= 0.6 is 0 Å². The zero-order chi connectivity index (χ0) is 22.1. The molecule has 2 aliphatic rings. The normalized spacial score (nSPS) is 16.6. The average Bonchev–Trinajstić information content (AvgIpc) is 3.24. The Hall–Kier alpha value is -3.37. The summed E-state index contributed by atoms with van der Waals surface area (Å²) in [6.45, 7) is 0.629. The number of methoxy groups -OCH3 is 3. The van der Waals surface area contributed by atoms with Crippen molar-refractivity contribution in [2.75, 3.05) is 45.4 Å². The van der Waals surface area contributed by atoms with Gasteiger partial charge in [-0.05, 0) is 24.2 Å². The molecular formula is C21H27N5O5. The van der Waals surface area contributed by atoms with E-state index in [4.69, 9.17) is 46.0 Å². The minimum absolute atomic E-state index is 0.213. The maximum Gasteiger partial charge on any atom is 0.231 e. The lowest BCUT2D eigenvalue weighted by molar-refractivity contribution is 0.174. The highest BCUT2D eigenvalue weighted by Crippen LogP contribution is 2.52. The third-order valence-electron chi connectivity index (χ3n) is 5.40. The molecule has 4 rings (SSSR count). The minimum atomic E-state index is -0.382. The van der Waals surface area contributed by atoms with Crippen molar-refractivity contribution >= 4 is 17.1 Å². The minimum Gasteiger partial charge on any atom is -0.491 e. The van der Waals surface area contributed by atoms with Gasteiger partial charge in [0.05, 0.1) is 38.3 Å². The quantitative estimate of drug-likeness (QED) is 0.440. The summed E-state index contributed by atoms with van der Waals surface area (Å²) >= 11 is 0. The van der Waals surface area contributed by atoms with Crippen LogP contribution in [0, 0.1) is 0 Å². The Labute approximate surface area is 180 Å². The van der Waals surface area contributed by atoms with Gasteiger partial charge in [-0.25, -0.2) is 5.84 Å². The van der Waals surface area contributed by atoms with Crippen LogP contribution in [0.3, 0.4) is 0 Å². The smallest absolute Gasteiger partial charge is 0.231 e. The molecule has 2 aromatic rings. The molecule has 1 unspecified atom stereocenters. The molecule has 0 aliphatic carbocycles. The highest BCUT2D eigenvalue weighted by molar-refractivity contribution is 6.14. The summed E-state index contributed by atoms with van der Waals surface area (Å²) in [6, 6.07) is 5.79. The molecule has 0 aromatic heterocycles. The van der Waals surface area contributed by atoms with Crippen molar-refractivity contribution in [3.05, 3.63) is 29.3 Å². The molecule has 1 atom stereocenters. The van der Waals surface area contributed by atoms with Crippen molar-refractivity contribution in [1.82, 2.24) is 0 Å². The third kappa shape index (κ3) is 3.43. The van der Waals surface area contributed by atoms with Crippen molar-refractivity contribution in [3.63, 3.8) is 0 Å². The Morgan fingerprint density at radius 2 is 1.77 bits per heavy atom. The van der Waals surface area contributed by atoms with E-state index in [0.29, 0.717) is 59.3 Å². The van der Waals surface area contributed by atoms with Gasteiger partial charge in [0.15, 0.2) is 23.0 Å². The highest BCUT2D eigenvalue weighted by Gasteiger charge is 2.35. The summed E-state index contributed by atoms with van der Waals surface area (Å²) < 4.78 is 27.7. The van der Waals surface area contributed by atoms with Crippen LogP contribution in [-0.2, 0) is 6.42 Å². The van der Waals surface area contributed by atoms with Crippen LogP contribution in [0.2, 0.25) is 0 Å². The zero-order valence-corrected chi connectivity index (χ0v) is 17.8. The second-order valence-electron chi connectivity index (χ2n) is 7.14. The number of ether oxygens (including phenoxy) is 5. The molecule has 2 heterocycles. The molecule has 166 valence electrons. The second-order valence-corrected chi connectivity index (χ2v) is 7.14. The van der Waals surface area contributed by atoms with E-state index in [9.17, 15) is 0 Å². The molecule has 10 heteroatoms. The van der Waals surface area contributed by atoms with Crippen molar-refractivity contribution in [1.29, 1.82) is 0 Å². The Balaban J connectivity index is 1.88. The topological polar surface area (TPSA) is 140 Å². The van der Waals surface area contributed by atoms with E-state index in [-0.39, 0.29) is 13.0 Å². The first-order valence-electron chi connectivity index (χ1n) is 9.84. The number of nitrogens with two attached hydrogens (primary N) is 3. The number of aliphatic imine (C=N–C) groups is 1. The molecule has 6 N–H and O–H groups in total. The van der Waals surface area contributed by atoms with Gasteiger partial charge in [0.2, 0.25) is 12.5 Å². The monoisotopic (exact) mass is 429 g/mol. The first kappa shape index (κ1) is 20.9. The number of benzene rings is 2. The first-order chi connectivity index (χ1) is 15.0. The maximum absolute atomic E-state index is 6.54. The van der Waals surface area contributed by atoms with Crippen molar-refractivity contribution in [2.45, 2.75) is 19.0 Å². The van der Waals surface area contributed by atoms with Gasteiger partial charge in [0.25, 0.3) is 0 Å². The van der Waals surface area contributed by atoms with E-state index in [2.05, 4.69) is 0 Å². The highest BCUT2D eigenvalue weighted by atomic mass is 16.7. The molecule has 0 saturated heterocycles. The van der Waals surface area contributed by atoms with Gasteiger partial charge < -0.3 is 35.2 Å². The van der Waals surface area contributed by atoms with Gasteiger partial charge >= 0.3 is 0 Å². The maximum atomic E-state index is 6.54. The van der Waals surface area contributed by atoms with Crippen LogP contribution in [0.25, 0.3) is 0 Å². The van der Waals surface area contributed by atoms with Crippen LogP contribution < -0.4 is 46.0 Å². The molecule has 2 aliphatic heterocycles. The molecule has 0 spiro atoms. The van der Waals surface area contributed by atoms with Crippen molar-refractivity contribution < 1.29 is 23.7 Å². The molecule has 10 nitrogen and oxygen atoms in total. The molecule has 0 bridgehead atoms. The van der Waals surface area contributed by atoms with E-state index in [1.807, 2.05) is 18.2 Å². The predicted molar refractivity (Wildman–Crippen MR) is 117 cm³/mol. The van der Waals surface area contributed by atoms with Crippen LogP contribution in [0.5, 0.6) is 28.7 Å². The van der Waals surface area contributed by atoms with E-state index >= 15 is 0 Å². The lowest BCUT2D eigenvalue weighted by Crippen LogP contribution is -2.46. The van der Waals surface area contributed by atoms with E-state index in [1.54, 1.807) is 7.11 Å². The van der Waals surface area contributed by atoms with Crippen LogP contribution in [0.4, 0.5) is 11.4 Å². The zero-order valence-electron chi connectivity index (χ0n) is 17.8. The Kier molecular flexibility index (Phi) is 5.66. The molecule has 0 saturated carbocycles. The average molecular weight is 429 g/mol. The van der Waals surface area contributed by atoms with Gasteiger partial charge in [0.1, 0.15) is 11.9 Å². The number of fused-ring (bicyclic) bond motifs is 2. The van der Waals surface area contributed by atoms with E-state index in [1.165, 1.54) is 19.2 Å². The van der Waals surface area contributed by atoms with Gasteiger partial charge in [-0.2, -0.15) is 0 Å². The Bertz CT molecular complexity index is 1030. The van der Waals surface area contributed by atoms with Crippen LogP contribution in [-0.4, -0.2) is 46.5 Å². The van der Waals surface area contributed by atoms with Crippen LogP contribution in [0.15, 0.2) is 23.2 Å². The lowest BCUT2D eigenvalue weighted by atomic mass is 9.94. The van der Waals surface area contributed by atoms with E-state index in [0.717, 1.165) is 17.0 Å². The van der Waals surface area contributed by atoms with Crippen molar-refractivity contribution in [2.24, 2.45) is 16.6 Å². The summed E-state index contributed by atoms with van der Waals surface area (Å²) in [4.78, 5) is 4.88. The number of hydrazine groups is 1. The summed E-state index contributed by atoms with van der Waals surface area (Å²) in [7, 11) is 4.59. The molecule has 0 fully saturated rings. The largest absolute Gasteiger partial charge is 0.491 e. The van der Waals surface area contributed by atoms with Gasteiger partial charge in [0, 0.05) is 12.8 Å². The van der Waals surface area contributed by atoms with Gasteiger partial charge in [-0.15, -0.1) is 0 Å². The Morgan fingerprint density at radius 3 is 2.45 bits per heavy atom. The number of hydrogen-bond donors (Lipinski definition) is 3. The van der Waals surface area contributed by atoms with Gasteiger partial charge in [-0.1, -0.05) is 6.07 Å². The standard InChI is InChI=1S/C21H27N5O5/c1-27-19-17(23)16-12(8-11-4-5-13-14(9-11)31-10-30-13)25-15(6-7-22)26(24)18(16)20(28-2)21(19)29-3/h4-5,9,15H,6-8,10,22-24H2,1-3H3. The van der Waals surface area contributed by atoms with Crippen LogP contribution in [0.1, 0.15) is 17.5 Å². The fourth-order valence-electron chi connectivity index (χ4n) is 3.99. The summed E-state index contributed by atoms with van der Waals surface area (Å²) in [5.41, 5.74) is 15.7. The summed E-state index contributed by atoms with van der Waals surface area (Å²) in [5, 5.41) is 1.53. The molecule has 0 amide bonds. The number of nitrogens with zero attached hydrogens (tertiary/aromatic N) is 2. The summed E-state index contributed by atoms with van der Waals surface area (Å²) in [6.07, 6.45) is 0.659. The molecule has 2 aromatic carbocycles. The first-order valence-corrected chi connectivity index (χ1v) is 9.84. The number of anilines is 2. The number of nitrogen functional groups attached to an aromatic ring is 1. The molecule has 0 radical (unpaired) electrons. The summed E-state index contributed by atoms with van der Waals surface area (Å²) in [5.74, 6) is 9.04. The number of rotatable bonds is 7. The SMILES string of the molecule is COc1c(N)c2c(c(OC)c1OC)N(N)C(CCN)N=C2Cc1ccc2c(c1)OCO2. The predicted octanol–water partition coefficient (Wildman–Crippen LogP) is 1.42. The fraction of sp³-hybridized carbons (Fsp3) is 0.381. The third-order valence-corrected chi connectivity index (χ3v) is 5.40. The molecule has 31 heavy (non-hydrogen) atoms. The molecular weight excluding hydrogens is 402 g/mol. The fourth-order valence-corrected chi connectivity index (χ4v) is 3.99. The van der Waals surface area contributed by atoms with Crippen molar-refractivity contribution in [3.8, 4) is 28.7 Å². The second kappa shape index (κ2) is 8.40.